The molecule has 1 amide bonds. The molecule has 1 aliphatic heterocycles. The topological polar surface area (TPSA) is 138 Å². The first-order valence-corrected chi connectivity index (χ1v) is 8.10. The van der Waals surface area contributed by atoms with Crippen molar-refractivity contribution in [3.8, 4) is 17.6 Å². The molecule has 1 aromatic rings. The molecule has 2 rings (SSSR count). The van der Waals surface area contributed by atoms with Crippen molar-refractivity contribution in [1.29, 1.82) is 5.26 Å². The number of hydrogen-bond donors (Lipinski definition) is 1. The molecule has 1 atom stereocenters. The lowest BCUT2D eigenvalue weighted by atomic mass is 10.1. The molecule has 1 heterocycles. The molecule has 0 unspecified atom stereocenters. The first-order chi connectivity index (χ1) is 12.5. The van der Waals surface area contributed by atoms with Crippen molar-refractivity contribution in [2.24, 2.45) is 0 Å². The van der Waals surface area contributed by atoms with Crippen LogP contribution in [0.5, 0.6) is 11.5 Å². The summed E-state index contributed by atoms with van der Waals surface area (Å²) in [5.74, 6) is -1.67. The molecule has 1 aromatic carbocycles. The average molecular weight is 360 g/mol. The van der Waals surface area contributed by atoms with Gasteiger partial charge < -0.3 is 19.9 Å². The molecule has 0 spiro atoms. The van der Waals surface area contributed by atoms with E-state index in [2.05, 4.69) is 5.32 Å². The van der Waals surface area contributed by atoms with Crippen LogP contribution < -0.4 is 15.2 Å². The van der Waals surface area contributed by atoms with Crippen LogP contribution in [-0.4, -0.2) is 36.7 Å². The normalized spacial score (nSPS) is 16.8. The van der Waals surface area contributed by atoms with Gasteiger partial charge in [-0.05, 0) is 37.5 Å². The van der Waals surface area contributed by atoms with Gasteiger partial charge in [0.2, 0.25) is 0 Å². The monoisotopic (exact) mass is 360 g/mol. The van der Waals surface area contributed by atoms with Crippen LogP contribution in [0.15, 0.2) is 17.7 Å². The zero-order chi connectivity index (χ0) is 19.1. The number of nitro benzene ring substituents is 1. The molecular formula is C17H18N3O6-. The van der Waals surface area contributed by atoms with Crippen molar-refractivity contribution < 1.29 is 24.3 Å². The second kappa shape index (κ2) is 8.82. The Bertz CT molecular complexity index is 762. The molecular weight excluding hydrogens is 342 g/mol. The van der Waals surface area contributed by atoms with E-state index in [-0.39, 0.29) is 36.1 Å². The smallest absolute Gasteiger partial charge is 0.266 e. The predicted octanol–water partition coefficient (Wildman–Crippen LogP) is 1.27. The van der Waals surface area contributed by atoms with Crippen molar-refractivity contribution in [1.82, 2.24) is 5.32 Å². The minimum Gasteiger partial charge on any atom is -0.865 e. The van der Waals surface area contributed by atoms with Gasteiger partial charge in [-0.2, -0.15) is 5.26 Å². The Morgan fingerprint density at radius 2 is 2.35 bits per heavy atom. The number of nitriles is 1. The van der Waals surface area contributed by atoms with E-state index in [1.165, 1.54) is 12.1 Å². The number of nitro groups is 1. The Balaban J connectivity index is 2.24. The molecule has 0 aliphatic carbocycles. The summed E-state index contributed by atoms with van der Waals surface area (Å²) in [6.07, 6.45) is 2.86. The van der Waals surface area contributed by atoms with E-state index in [1.54, 1.807) is 13.0 Å². The fourth-order valence-electron chi connectivity index (χ4n) is 2.51. The summed E-state index contributed by atoms with van der Waals surface area (Å²) >= 11 is 0. The number of hydrogen-bond acceptors (Lipinski definition) is 7. The lowest BCUT2D eigenvalue weighted by Crippen LogP contribution is -2.32. The van der Waals surface area contributed by atoms with Crippen LogP contribution in [-0.2, 0) is 9.53 Å². The average Bonchev–Trinajstić information content (AvgIpc) is 3.13. The van der Waals surface area contributed by atoms with Crippen molar-refractivity contribution >= 4 is 17.7 Å². The summed E-state index contributed by atoms with van der Waals surface area (Å²) in [6.45, 7) is 2.70. The van der Waals surface area contributed by atoms with Gasteiger partial charge in [-0.15, -0.1) is 0 Å². The van der Waals surface area contributed by atoms with Gasteiger partial charge in [-0.3, -0.25) is 14.9 Å². The first-order valence-electron chi connectivity index (χ1n) is 8.10. The molecule has 1 aliphatic rings. The molecule has 9 nitrogen and oxygen atoms in total. The van der Waals surface area contributed by atoms with Gasteiger partial charge in [0, 0.05) is 25.0 Å². The molecule has 1 fully saturated rings. The largest absolute Gasteiger partial charge is 0.865 e. The summed E-state index contributed by atoms with van der Waals surface area (Å²) in [7, 11) is 0. The van der Waals surface area contributed by atoms with Crippen LogP contribution in [0.3, 0.4) is 0 Å². The fraction of sp³-hybridized carbons (Fsp3) is 0.412. The summed E-state index contributed by atoms with van der Waals surface area (Å²) in [5.41, 5.74) is -0.763. The minimum atomic E-state index is -0.852. The molecule has 138 valence electrons. The Kier molecular flexibility index (Phi) is 6.52. The zero-order valence-electron chi connectivity index (χ0n) is 14.2. The number of nitrogens with zero attached hydrogens (tertiary/aromatic N) is 2. The molecule has 9 heteroatoms. The lowest BCUT2D eigenvalue weighted by Gasteiger charge is -2.15. The molecule has 0 saturated carbocycles. The standard InChI is InChI=1S/C17H19N3O6/c1-2-25-15-8-11(7-14(16(15)21)20(23)24)6-12(9-18)17(22)19-10-13-4-3-5-26-13/h6-8,13,21H,2-5,10H2,1H3,(H,19,22)/p-1/b12-6+/t13-/m1/s1. The van der Waals surface area contributed by atoms with E-state index in [0.717, 1.165) is 18.9 Å². The minimum absolute atomic E-state index is 0.0794. The van der Waals surface area contributed by atoms with Gasteiger partial charge in [-0.25, -0.2) is 0 Å². The van der Waals surface area contributed by atoms with Gasteiger partial charge >= 0.3 is 0 Å². The Morgan fingerprint density at radius 3 is 2.92 bits per heavy atom. The molecule has 26 heavy (non-hydrogen) atoms. The number of rotatable bonds is 7. The van der Waals surface area contributed by atoms with Crippen LogP contribution in [0.4, 0.5) is 5.69 Å². The van der Waals surface area contributed by atoms with Crippen molar-refractivity contribution in [2.75, 3.05) is 19.8 Å². The quantitative estimate of drug-likeness (QED) is 0.334. The van der Waals surface area contributed by atoms with Crippen LogP contribution >= 0.6 is 0 Å². The Labute approximate surface area is 150 Å². The number of ether oxygens (including phenoxy) is 2. The summed E-state index contributed by atoms with van der Waals surface area (Å²) < 4.78 is 10.5. The number of nitrogens with one attached hydrogen (secondary N) is 1. The third kappa shape index (κ3) is 4.70. The summed E-state index contributed by atoms with van der Waals surface area (Å²) in [5, 5.41) is 34.8. The summed E-state index contributed by atoms with van der Waals surface area (Å²) in [4.78, 5) is 22.4. The fourth-order valence-corrected chi connectivity index (χ4v) is 2.51. The second-order valence-corrected chi connectivity index (χ2v) is 5.57. The van der Waals surface area contributed by atoms with E-state index in [1.807, 2.05) is 0 Å². The lowest BCUT2D eigenvalue weighted by molar-refractivity contribution is -0.398. The van der Waals surface area contributed by atoms with E-state index in [9.17, 15) is 25.3 Å². The Morgan fingerprint density at radius 1 is 1.58 bits per heavy atom. The van der Waals surface area contributed by atoms with Gasteiger partial charge in [-0.1, -0.05) is 0 Å². The molecule has 0 radical (unpaired) electrons. The number of amides is 1. The van der Waals surface area contributed by atoms with Crippen LogP contribution in [0, 0.1) is 21.4 Å². The highest BCUT2D eigenvalue weighted by atomic mass is 16.6. The maximum atomic E-state index is 12.1. The van der Waals surface area contributed by atoms with Gasteiger partial charge in [0.15, 0.2) is 0 Å². The van der Waals surface area contributed by atoms with E-state index >= 15 is 0 Å². The van der Waals surface area contributed by atoms with E-state index in [0.29, 0.717) is 6.61 Å². The van der Waals surface area contributed by atoms with Crippen molar-refractivity contribution in [3.63, 3.8) is 0 Å². The highest BCUT2D eigenvalue weighted by Gasteiger charge is 2.18. The van der Waals surface area contributed by atoms with Gasteiger partial charge in [0.1, 0.15) is 17.4 Å². The molecule has 0 aromatic heterocycles. The highest BCUT2D eigenvalue weighted by Crippen LogP contribution is 2.35. The number of carbonyl (C=O) groups is 1. The van der Waals surface area contributed by atoms with Crippen LogP contribution in [0.25, 0.3) is 6.08 Å². The first kappa shape index (κ1) is 19.2. The van der Waals surface area contributed by atoms with Crippen molar-refractivity contribution in [3.05, 3.63) is 33.4 Å². The highest BCUT2D eigenvalue weighted by molar-refractivity contribution is 6.01. The van der Waals surface area contributed by atoms with Crippen LogP contribution in [0.2, 0.25) is 0 Å². The van der Waals surface area contributed by atoms with E-state index in [4.69, 9.17) is 9.47 Å². The maximum absolute atomic E-state index is 12.1. The van der Waals surface area contributed by atoms with Gasteiger partial charge in [0.25, 0.3) is 11.6 Å². The molecule has 1 saturated heterocycles. The SMILES string of the molecule is CCOc1cc(/C=C(\C#N)C(=O)NC[C@H]2CCCO2)cc([N+](=O)[O-])c1[O-]. The third-order valence-electron chi connectivity index (χ3n) is 3.74. The van der Waals surface area contributed by atoms with E-state index < -0.39 is 22.3 Å². The Hall–Kier alpha value is -3.12. The molecule has 0 bridgehead atoms. The van der Waals surface area contributed by atoms with Crippen LogP contribution in [0.1, 0.15) is 25.3 Å². The number of carbonyl (C=O) groups excluding carboxylic acids is 1. The van der Waals surface area contributed by atoms with Crippen molar-refractivity contribution in [2.45, 2.75) is 25.9 Å². The van der Waals surface area contributed by atoms with Gasteiger partial charge in [0.05, 0.1) is 17.6 Å². The molecule has 1 N–H and O–H groups in total. The zero-order valence-corrected chi connectivity index (χ0v) is 14.2. The predicted molar refractivity (Wildman–Crippen MR) is 89.3 cm³/mol. The maximum Gasteiger partial charge on any atom is 0.266 e. The third-order valence-corrected chi connectivity index (χ3v) is 3.74. The number of benzene rings is 1. The summed E-state index contributed by atoms with van der Waals surface area (Å²) in [6, 6.07) is 4.04. The second-order valence-electron chi connectivity index (χ2n) is 5.57.